The van der Waals surface area contributed by atoms with E-state index in [0.29, 0.717) is 5.92 Å². The third-order valence-electron chi connectivity index (χ3n) is 4.84. The predicted molar refractivity (Wildman–Crippen MR) is 103 cm³/mol. The Hall–Kier alpha value is -2.16. The molecule has 6 nitrogen and oxygen atoms in total. The van der Waals surface area contributed by atoms with Crippen LogP contribution >= 0.6 is 22.7 Å². The van der Waals surface area contributed by atoms with Gasteiger partial charge in [0.2, 0.25) is 5.82 Å². The van der Waals surface area contributed by atoms with Gasteiger partial charge in [-0.1, -0.05) is 18.2 Å². The average Bonchev–Trinajstić information content (AvgIpc) is 3.41. The first kappa shape index (κ1) is 16.0. The van der Waals surface area contributed by atoms with Crippen LogP contribution in [0.25, 0.3) is 20.9 Å². The number of thiophene rings is 1. The van der Waals surface area contributed by atoms with Crippen molar-refractivity contribution in [2.75, 3.05) is 13.1 Å². The van der Waals surface area contributed by atoms with E-state index < -0.39 is 0 Å². The van der Waals surface area contributed by atoms with Crippen molar-refractivity contribution in [3.8, 4) is 10.7 Å². The molecule has 2 atom stereocenters. The zero-order valence-electron chi connectivity index (χ0n) is 14.2. The molecular weight excluding hydrogens is 364 g/mol. The normalized spacial score (nSPS) is 20.6. The third kappa shape index (κ3) is 3.15. The number of likely N-dealkylation sites (tertiary alicyclic amines) is 1. The number of hydrogen-bond acceptors (Lipinski definition) is 6. The molecule has 1 aliphatic heterocycles. The minimum absolute atomic E-state index is 0.524. The van der Waals surface area contributed by atoms with Gasteiger partial charge in [-0.25, -0.2) is 4.98 Å². The molecular formula is C18H19N6S2+. The van der Waals surface area contributed by atoms with Crippen LogP contribution in [0, 0.1) is 0 Å². The third-order valence-corrected chi connectivity index (χ3v) is 6.90. The Bertz CT molecular complexity index is 973. The van der Waals surface area contributed by atoms with Crippen molar-refractivity contribution >= 4 is 32.9 Å². The van der Waals surface area contributed by atoms with Crippen LogP contribution in [-0.2, 0) is 6.67 Å². The van der Waals surface area contributed by atoms with Gasteiger partial charge in [0.05, 0.1) is 34.1 Å². The molecule has 5 rings (SSSR count). The number of rotatable bonds is 4. The van der Waals surface area contributed by atoms with Crippen LogP contribution in [0.5, 0.6) is 0 Å². The first-order valence-electron chi connectivity index (χ1n) is 8.86. The number of tetrazole rings is 1. The SMILES string of the molecule is c1csc(-c2nnn(C[NH+]3CCC[C@H](c4nc5ccccc5s4)C3)n2)c1. The van der Waals surface area contributed by atoms with Crippen molar-refractivity contribution in [3.05, 3.63) is 46.8 Å². The molecule has 3 aromatic heterocycles. The van der Waals surface area contributed by atoms with Crippen molar-refractivity contribution in [3.63, 3.8) is 0 Å². The number of fused-ring (bicyclic) bond motifs is 1. The van der Waals surface area contributed by atoms with E-state index in [1.807, 2.05) is 28.8 Å². The lowest BCUT2D eigenvalue weighted by Gasteiger charge is -2.28. The van der Waals surface area contributed by atoms with Gasteiger partial charge >= 0.3 is 0 Å². The maximum absolute atomic E-state index is 4.87. The number of quaternary nitrogens is 1. The summed E-state index contributed by atoms with van der Waals surface area (Å²) in [6.07, 6.45) is 2.43. The second kappa shape index (κ2) is 6.86. The van der Waals surface area contributed by atoms with Crippen molar-refractivity contribution in [1.82, 2.24) is 25.2 Å². The largest absolute Gasteiger partial charge is 0.314 e. The highest BCUT2D eigenvalue weighted by molar-refractivity contribution is 7.18. The van der Waals surface area contributed by atoms with E-state index in [2.05, 4.69) is 39.7 Å². The summed E-state index contributed by atoms with van der Waals surface area (Å²) in [6, 6.07) is 12.5. The van der Waals surface area contributed by atoms with E-state index in [-0.39, 0.29) is 0 Å². The summed E-state index contributed by atoms with van der Waals surface area (Å²) in [5, 5.41) is 16.3. The Morgan fingerprint density at radius 3 is 3.04 bits per heavy atom. The highest BCUT2D eigenvalue weighted by atomic mass is 32.1. The molecule has 4 heterocycles. The number of aromatic nitrogens is 5. The number of para-hydroxylation sites is 1. The number of hydrogen-bond donors (Lipinski definition) is 1. The minimum Gasteiger partial charge on any atom is -0.314 e. The van der Waals surface area contributed by atoms with Crippen LogP contribution in [0.1, 0.15) is 23.8 Å². The molecule has 1 saturated heterocycles. The van der Waals surface area contributed by atoms with Crippen molar-refractivity contribution in [2.45, 2.75) is 25.4 Å². The molecule has 0 saturated carbocycles. The standard InChI is InChI=1S/C18H18N6S2/c1-2-7-15-14(6-1)19-18(26-15)13-5-3-9-23(11-13)12-24-21-17(20-22-24)16-8-4-10-25-16/h1-2,4,6-8,10,13H,3,5,9,11-12H2/p+1/t13-/m0/s1. The molecule has 0 amide bonds. The number of nitrogens with one attached hydrogen (secondary N) is 1. The summed E-state index contributed by atoms with van der Waals surface area (Å²) in [5.74, 6) is 1.25. The maximum atomic E-state index is 4.87. The van der Waals surface area contributed by atoms with Crippen LogP contribution < -0.4 is 4.90 Å². The molecule has 1 aromatic carbocycles. The fourth-order valence-electron chi connectivity index (χ4n) is 3.58. The lowest BCUT2D eigenvalue weighted by Crippen LogP contribution is -3.12. The van der Waals surface area contributed by atoms with Gasteiger partial charge in [0.15, 0.2) is 6.67 Å². The topological polar surface area (TPSA) is 60.9 Å². The molecule has 0 radical (unpaired) electrons. The molecule has 0 spiro atoms. The van der Waals surface area contributed by atoms with E-state index in [9.17, 15) is 0 Å². The fourth-order valence-corrected chi connectivity index (χ4v) is 5.33. The summed E-state index contributed by atoms with van der Waals surface area (Å²) >= 11 is 3.48. The van der Waals surface area contributed by atoms with Crippen molar-refractivity contribution in [1.29, 1.82) is 0 Å². The predicted octanol–water partition coefficient (Wildman–Crippen LogP) is 2.43. The molecule has 1 N–H and O–H groups in total. The first-order chi connectivity index (χ1) is 12.8. The lowest BCUT2D eigenvalue weighted by molar-refractivity contribution is -0.930. The van der Waals surface area contributed by atoms with Gasteiger partial charge in [-0.15, -0.1) is 37.7 Å². The summed E-state index contributed by atoms with van der Waals surface area (Å²) in [4.78, 5) is 9.18. The molecule has 1 fully saturated rings. The first-order valence-corrected chi connectivity index (χ1v) is 10.6. The zero-order chi connectivity index (χ0) is 17.3. The van der Waals surface area contributed by atoms with Gasteiger partial charge in [-0.2, -0.15) is 0 Å². The molecule has 0 bridgehead atoms. The zero-order valence-corrected chi connectivity index (χ0v) is 15.8. The Balaban J connectivity index is 1.30. The molecule has 8 heteroatoms. The van der Waals surface area contributed by atoms with Crippen LogP contribution in [0.4, 0.5) is 0 Å². The Labute approximate surface area is 159 Å². The van der Waals surface area contributed by atoms with Crippen molar-refractivity contribution in [2.24, 2.45) is 0 Å². The minimum atomic E-state index is 0.524. The Morgan fingerprint density at radius 1 is 1.19 bits per heavy atom. The van der Waals surface area contributed by atoms with Gasteiger partial charge in [0.1, 0.15) is 5.01 Å². The van der Waals surface area contributed by atoms with Crippen LogP contribution in [0.2, 0.25) is 0 Å². The number of benzene rings is 1. The molecule has 26 heavy (non-hydrogen) atoms. The van der Waals surface area contributed by atoms with Gasteiger partial charge in [0.25, 0.3) is 0 Å². The van der Waals surface area contributed by atoms with Crippen LogP contribution in [0.15, 0.2) is 41.8 Å². The summed E-state index contributed by atoms with van der Waals surface area (Å²) in [5.41, 5.74) is 1.12. The van der Waals surface area contributed by atoms with Gasteiger partial charge in [-0.05, 0) is 41.6 Å². The molecule has 1 unspecified atom stereocenters. The number of thiazole rings is 1. The quantitative estimate of drug-likeness (QED) is 0.588. The fraction of sp³-hybridized carbons (Fsp3) is 0.333. The van der Waals surface area contributed by atoms with E-state index in [0.717, 1.165) is 36.0 Å². The van der Waals surface area contributed by atoms with E-state index in [1.54, 1.807) is 16.1 Å². The number of nitrogens with zero attached hydrogens (tertiary/aromatic N) is 5. The second-order valence-electron chi connectivity index (χ2n) is 6.68. The van der Waals surface area contributed by atoms with E-state index in [1.165, 1.54) is 27.4 Å². The van der Waals surface area contributed by atoms with Gasteiger partial charge in [0, 0.05) is 0 Å². The molecule has 1 aliphatic rings. The van der Waals surface area contributed by atoms with Crippen LogP contribution in [0.3, 0.4) is 0 Å². The highest BCUT2D eigenvalue weighted by Gasteiger charge is 2.27. The summed E-state index contributed by atoms with van der Waals surface area (Å²) < 4.78 is 1.29. The monoisotopic (exact) mass is 383 g/mol. The smallest absolute Gasteiger partial charge is 0.215 e. The van der Waals surface area contributed by atoms with E-state index >= 15 is 0 Å². The maximum Gasteiger partial charge on any atom is 0.215 e. The summed E-state index contributed by atoms with van der Waals surface area (Å²) in [7, 11) is 0. The lowest BCUT2D eigenvalue weighted by atomic mass is 9.99. The summed E-state index contributed by atoms with van der Waals surface area (Å²) in [6.45, 7) is 2.99. The average molecular weight is 384 g/mol. The Morgan fingerprint density at radius 2 is 2.15 bits per heavy atom. The van der Waals surface area contributed by atoms with Gasteiger partial charge in [-0.3, -0.25) is 0 Å². The van der Waals surface area contributed by atoms with Crippen molar-refractivity contribution < 1.29 is 4.90 Å². The molecule has 132 valence electrons. The van der Waals surface area contributed by atoms with Gasteiger partial charge < -0.3 is 4.90 Å². The second-order valence-corrected chi connectivity index (χ2v) is 8.69. The molecule has 4 aromatic rings. The van der Waals surface area contributed by atoms with Crippen LogP contribution in [-0.4, -0.2) is 38.3 Å². The highest BCUT2D eigenvalue weighted by Crippen LogP contribution is 2.30. The number of piperidine rings is 1. The van der Waals surface area contributed by atoms with E-state index in [4.69, 9.17) is 4.98 Å². The Kier molecular flexibility index (Phi) is 4.24. The molecule has 0 aliphatic carbocycles.